The third kappa shape index (κ3) is 6.41. The van der Waals surface area contributed by atoms with Crippen LogP contribution in [0.5, 0.6) is 5.75 Å². The molecule has 11 heteroatoms. The van der Waals surface area contributed by atoms with Gasteiger partial charge in [-0.3, -0.25) is 14.3 Å². The zero-order valence-electron chi connectivity index (χ0n) is 19.8. The van der Waals surface area contributed by atoms with Crippen molar-refractivity contribution in [1.29, 1.82) is 0 Å². The van der Waals surface area contributed by atoms with Crippen LogP contribution in [0.2, 0.25) is 0 Å². The van der Waals surface area contributed by atoms with Gasteiger partial charge in [0.25, 0.3) is 5.91 Å². The molecule has 0 aliphatic carbocycles. The Balaban J connectivity index is 0.000000454. The van der Waals surface area contributed by atoms with Crippen LogP contribution in [0.25, 0.3) is 10.9 Å². The van der Waals surface area contributed by atoms with Gasteiger partial charge in [-0.2, -0.15) is 13.2 Å². The van der Waals surface area contributed by atoms with Crippen molar-refractivity contribution in [3.05, 3.63) is 60.0 Å². The lowest BCUT2D eigenvalue weighted by molar-refractivity contribution is -0.192. The van der Waals surface area contributed by atoms with Crippen molar-refractivity contribution in [2.75, 3.05) is 6.54 Å². The van der Waals surface area contributed by atoms with Gasteiger partial charge < -0.3 is 20.3 Å². The number of hydrogen-bond donors (Lipinski definition) is 3. The Hall–Kier alpha value is -3.44. The Morgan fingerprint density at radius 3 is 2.61 bits per heavy atom. The number of pyridine rings is 1. The van der Waals surface area contributed by atoms with E-state index in [1.165, 1.54) is 0 Å². The fourth-order valence-corrected chi connectivity index (χ4v) is 3.96. The number of rotatable bonds is 8. The molecule has 8 nitrogen and oxygen atoms in total. The zero-order valence-corrected chi connectivity index (χ0v) is 19.8. The van der Waals surface area contributed by atoms with Crippen molar-refractivity contribution in [2.24, 2.45) is 0 Å². The molecule has 0 saturated carbocycles. The van der Waals surface area contributed by atoms with Gasteiger partial charge in [-0.25, -0.2) is 4.79 Å². The second-order valence-electron chi connectivity index (χ2n) is 8.53. The molecule has 2 aromatic heterocycles. The Labute approximate surface area is 205 Å². The summed E-state index contributed by atoms with van der Waals surface area (Å²) < 4.78 is 39.5. The van der Waals surface area contributed by atoms with E-state index in [9.17, 15) is 23.1 Å². The molecule has 3 aromatic rings. The summed E-state index contributed by atoms with van der Waals surface area (Å²) in [6.45, 7) is 4.58. The standard InChI is InChI=1S/C23H27N3O3.C2HF3O2/c1-3-6-21-23(28)26-14-17(18-8-4-9-20(29-21)22(18)26)11-15(2)25-13-19(27)16-7-5-10-24-12-16;3-2(4,5)1(6)7/h4-5,7-10,12,14-15,19,21,25,27H,3,6,11,13H2,1-2H3;(H,6,7)/t15-,19+,21?;/m1./s1. The predicted molar refractivity (Wildman–Crippen MR) is 126 cm³/mol. The maximum absolute atomic E-state index is 12.8. The highest BCUT2D eigenvalue weighted by atomic mass is 19.4. The second kappa shape index (κ2) is 11.5. The van der Waals surface area contributed by atoms with Crippen LogP contribution in [0.3, 0.4) is 0 Å². The number of carboxylic acids is 1. The molecule has 3 atom stereocenters. The van der Waals surface area contributed by atoms with Crippen molar-refractivity contribution in [3.8, 4) is 5.75 Å². The van der Waals surface area contributed by atoms with Gasteiger partial charge in [0.05, 0.1) is 11.6 Å². The van der Waals surface area contributed by atoms with Crippen LogP contribution < -0.4 is 10.1 Å². The summed E-state index contributed by atoms with van der Waals surface area (Å²) in [4.78, 5) is 25.8. The molecule has 1 aromatic carbocycles. The fourth-order valence-electron chi connectivity index (χ4n) is 3.96. The van der Waals surface area contributed by atoms with Crippen molar-refractivity contribution in [2.45, 2.75) is 57.5 Å². The number of nitrogens with one attached hydrogen (secondary N) is 1. The molecule has 4 rings (SSSR count). The Bertz CT molecular complexity index is 1200. The molecule has 0 saturated heterocycles. The van der Waals surface area contributed by atoms with Gasteiger partial charge in [-0.1, -0.05) is 31.5 Å². The summed E-state index contributed by atoms with van der Waals surface area (Å²) in [5.74, 6) is -1.97. The molecule has 0 radical (unpaired) electrons. The Morgan fingerprint density at radius 1 is 1.28 bits per heavy atom. The van der Waals surface area contributed by atoms with Crippen LogP contribution in [0.4, 0.5) is 13.2 Å². The lowest BCUT2D eigenvalue weighted by Gasteiger charge is -2.24. The van der Waals surface area contributed by atoms with Crippen molar-refractivity contribution in [1.82, 2.24) is 14.9 Å². The monoisotopic (exact) mass is 507 g/mol. The molecule has 1 aliphatic rings. The Morgan fingerprint density at radius 2 is 2.00 bits per heavy atom. The van der Waals surface area contributed by atoms with E-state index in [4.69, 9.17) is 14.6 Å². The summed E-state index contributed by atoms with van der Waals surface area (Å²) in [6.07, 6.45) is 1.59. The van der Waals surface area contributed by atoms with Gasteiger partial charge in [-0.15, -0.1) is 0 Å². The zero-order chi connectivity index (χ0) is 26.5. The molecule has 194 valence electrons. The van der Waals surface area contributed by atoms with Crippen LogP contribution in [0.15, 0.2) is 48.9 Å². The topological polar surface area (TPSA) is 114 Å². The van der Waals surface area contributed by atoms with E-state index in [0.29, 0.717) is 13.0 Å². The number of nitrogens with zero attached hydrogens (tertiary/aromatic N) is 2. The molecule has 3 heterocycles. The van der Waals surface area contributed by atoms with Gasteiger partial charge in [0.15, 0.2) is 6.10 Å². The molecule has 0 bridgehead atoms. The molecule has 3 N–H and O–H groups in total. The van der Waals surface area contributed by atoms with Gasteiger partial charge in [0.2, 0.25) is 0 Å². The van der Waals surface area contributed by atoms with E-state index in [1.807, 2.05) is 36.5 Å². The highest BCUT2D eigenvalue weighted by Crippen LogP contribution is 2.35. The molecular weight excluding hydrogens is 479 g/mol. The van der Waals surface area contributed by atoms with Crippen molar-refractivity contribution < 1.29 is 37.7 Å². The van der Waals surface area contributed by atoms with Crippen LogP contribution in [0, 0.1) is 0 Å². The summed E-state index contributed by atoms with van der Waals surface area (Å²) in [7, 11) is 0. The first-order valence-electron chi connectivity index (χ1n) is 11.5. The average molecular weight is 508 g/mol. The number of aliphatic hydroxyl groups is 1. The lowest BCUT2D eigenvalue weighted by atomic mass is 10.0. The predicted octanol–water partition coefficient (Wildman–Crippen LogP) is 4.13. The minimum Gasteiger partial charge on any atom is -0.478 e. The molecule has 36 heavy (non-hydrogen) atoms. The summed E-state index contributed by atoms with van der Waals surface area (Å²) >= 11 is 0. The highest BCUT2D eigenvalue weighted by molar-refractivity contribution is 6.01. The number of aliphatic carboxylic acids is 1. The summed E-state index contributed by atoms with van der Waals surface area (Å²) in [6, 6.07) is 9.78. The molecular formula is C25H28F3N3O5. The first-order chi connectivity index (χ1) is 17.0. The molecule has 0 fully saturated rings. The van der Waals surface area contributed by atoms with Crippen LogP contribution in [-0.4, -0.2) is 56.5 Å². The maximum Gasteiger partial charge on any atom is 0.490 e. The number of aromatic nitrogens is 2. The summed E-state index contributed by atoms with van der Waals surface area (Å²) in [5.41, 5.74) is 2.76. The van der Waals surface area contributed by atoms with Crippen LogP contribution in [0.1, 0.15) is 48.7 Å². The Kier molecular flexibility index (Phi) is 8.70. The quantitative estimate of drug-likeness (QED) is 0.420. The number of carbonyl (C=O) groups is 2. The van der Waals surface area contributed by atoms with Crippen molar-refractivity contribution >= 4 is 22.8 Å². The van der Waals surface area contributed by atoms with E-state index < -0.39 is 24.4 Å². The normalized spacial score (nSPS) is 16.6. The van der Waals surface area contributed by atoms with Gasteiger partial charge in [-0.05, 0) is 37.5 Å². The third-order valence-corrected chi connectivity index (χ3v) is 5.70. The number of para-hydroxylation sites is 1. The van der Waals surface area contributed by atoms with E-state index in [0.717, 1.165) is 40.6 Å². The van der Waals surface area contributed by atoms with E-state index in [2.05, 4.69) is 24.1 Å². The lowest BCUT2D eigenvalue weighted by Crippen LogP contribution is -2.35. The van der Waals surface area contributed by atoms with E-state index in [-0.39, 0.29) is 11.9 Å². The number of halogens is 3. The minimum absolute atomic E-state index is 0.00871. The largest absolute Gasteiger partial charge is 0.490 e. The smallest absolute Gasteiger partial charge is 0.478 e. The van der Waals surface area contributed by atoms with Crippen LogP contribution >= 0.6 is 0 Å². The number of hydrogen-bond acceptors (Lipinski definition) is 6. The maximum atomic E-state index is 12.8. The third-order valence-electron chi connectivity index (χ3n) is 5.70. The fraction of sp³-hybridized carbons (Fsp3) is 0.400. The molecule has 0 amide bonds. The number of aliphatic hydroxyl groups excluding tert-OH is 1. The highest BCUT2D eigenvalue weighted by Gasteiger charge is 2.38. The van der Waals surface area contributed by atoms with E-state index >= 15 is 0 Å². The number of ether oxygens (including phenoxy) is 1. The van der Waals surface area contributed by atoms with Gasteiger partial charge in [0.1, 0.15) is 5.75 Å². The number of benzene rings is 1. The van der Waals surface area contributed by atoms with E-state index in [1.54, 1.807) is 17.0 Å². The minimum atomic E-state index is -5.08. The SMILES string of the molecule is CCCC1Oc2cccc3c(C[C@@H](C)NC[C@H](O)c4cccnc4)cn(c23)C1=O.O=C(O)C(F)(F)F. The van der Waals surface area contributed by atoms with Gasteiger partial charge >= 0.3 is 12.1 Å². The molecule has 1 aliphatic heterocycles. The first kappa shape index (κ1) is 27.2. The molecule has 1 unspecified atom stereocenters. The molecule has 0 spiro atoms. The van der Waals surface area contributed by atoms with Crippen LogP contribution in [-0.2, 0) is 11.2 Å². The van der Waals surface area contributed by atoms with Gasteiger partial charge in [0, 0.05) is 42.1 Å². The number of alkyl halides is 3. The summed E-state index contributed by atoms with van der Waals surface area (Å²) in [5, 5.41) is 21.9. The van der Waals surface area contributed by atoms with Crippen molar-refractivity contribution in [3.63, 3.8) is 0 Å². The number of carboxylic acid groups (broad SMARTS) is 1. The number of carbonyl (C=O) groups excluding carboxylic acids is 1. The first-order valence-corrected chi connectivity index (χ1v) is 11.5. The average Bonchev–Trinajstić information content (AvgIpc) is 3.21. The second-order valence-corrected chi connectivity index (χ2v) is 8.53.